The molecule has 0 aliphatic heterocycles. The van der Waals surface area contributed by atoms with Gasteiger partial charge in [-0.2, -0.15) is 0 Å². The zero-order chi connectivity index (χ0) is 11.6. The average molecular weight is 245 g/mol. The summed E-state index contributed by atoms with van der Waals surface area (Å²) in [5.74, 6) is 2.41. The number of nitrogens with one attached hydrogen (secondary N) is 1. The molecule has 0 aromatic carbocycles. The summed E-state index contributed by atoms with van der Waals surface area (Å²) in [6.45, 7) is 2.57. The van der Waals surface area contributed by atoms with E-state index in [-0.39, 0.29) is 0 Å². The highest BCUT2D eigenvalue weighted by atomic mass is 32.2. The van der Waals surface area contributed by atoms with Crippen molar-refractivity contribution in [2.24, 2.45) is 11.8 Å². The normalized spacial score (nSPS) is 33.4. The minimum absolute atomic E-state index is 0.314. The van der Waals surface area contributed by atoms with Gasteiger partial charge < -0.3 is 5.32 Å². The number of sulfone groups is 1. The third-order valence-electron chi connectivity index (χ3n) is 4.07. The highest BCUT2D eigenvalue weighted by molar-refractivity contribution is 7.91. The summed E-state index contributed by atoms with van der Waals surface area (Å²) in [7, 11) is -2.80. The second-order valence-corrected chi connectivity index (χ2v) is 7.69. The molecule has 0 amide bonds. The van der Waals surface area contributed by atoms with Crippen LogP contribution < -0.4 is 5.32 Å². The first-order valence-corrected chi connectivity index (χ1v) is 8.36. The Kier molecular flexibility index (Phi) is 3.90. The van der Waals surface area contributed by atoms with Gasteiger partial charge in [0.2, 0.25) is 0 Å². The van der Waals surface area contributed by atoms with Crippen LogP contribution in [0.4, 0.5) is 0 Å². The summed E-state index contributed by atoms with van der Waals surface area (Å²) < 4.78 is 23.0. The van der Waals surface area contributed by atoms with Crippen LogP contribution >= 0.6 is 0 Å². The molecule has 3 atom stereocenters. The number of hydrogen-bond acceptors (Lipinski definition) is 3. The lowest BCUT2D eigenvalue weighted by molar-refractivity contribution is 0.358. The molecule has 3 nitrogen and oxygen atoms in total. The Morgan fingerprint density at radius 1 is 1.19 bits per heavy atom. The largest absolute Gasteiger partial charge is 0.313 e. The van der Waals surface area contributed by atoms with Gasteiger partial charge in [-0.15, -0.1) is 0 Å². The lowest BCUT2D eigenvalue weighted by atomic mass is 9.95. The molecule has 2 aliphatic carbocycles. The molecule has 3 unspecified atom stereocenters. The van der Waals surface area contributed by atoms with Crippen LogP contribution in [0.1, 0.15) is 39.0 Å². The van der Waals surface area contributed by atoms with Crippen LogP contribution in [0.15, 0.2) is 0 Å². The molecule has 2 aliphatic rings. The molecular weight excluding hydrogens is 222 g/mol. The van der Waals surface area contributed by atoms with E-state index < -0.39 is 9.84 Å². The predicted molar refractivity (Wildman–Crippen MR) is 66.2 cm³/mol. The highest BCUT2D eigenvalue weighted by Crippen LogP contribution is 2.44. The molecular formula is C12H23NO2S. The molecule has 2 bridgehead atoms. The summed E-state index contributed by atoms with van der Waals surface area (Å²) in [6.07, 6.45) is 6.13. The Balaban J connectivity index is 1.69. The lowest BCUT2D eigenvalue weighted by Crippen LogP contribution is -2.37. The van der Waals surface area contributed by atoms with Gasteiger partial charge in [-0.25, -0.2) is 8.42 Å². The number of hydrogen-bond donors (Lipinski definition) is 1. The Bertz CT molecular complexity index is 326. The van der Waals surface area contributed by atoms with Gasteiger partial charge in [-0.1, -0.05) is 13.3 Å². The first kappa shape index (κ1) is 12.4. The summed E-state index contributed by atoms with van der Waals surface area (Å²) >= 11 is 0. The van der Waals surface area contributed by atoms with Gasteiger partial charge in [0.1, 0.15) is 0 Å². The van der Waals surface area contributed by atoms with Crippen molar-refractivity contribution in [3.63, 3.8) is 0 Å². The smallest absolute Gasteiger partial charge is 0.151 e. The van der Waals surface area contributed by atoms with Gasteiger partial charge in [-0.05, 0) is 37.5 Å². The molecule has 16 heavy (non-hydrogen) atoms. The number of rotatable bonds is 6. The van der Waals surface area contributed by atoms with Crippen molar-refractivity contribution in [1.29, 1.82) is 0 Å². The van der Waals surface area contributed by atoms with Crippen LogP contribution in [0.25, 0.3) is 0 Å². The van der Waals surface area contributed by atoms with Crippen molar-refractivity contribution < 1.29 is 8.42 Å². The monoisotopic (exact) mass is 245 g/mol. The third-order valence-corrected chi connectivity index (χ3v) is 5.93. The third kappa shape index (κ3) is 2.98. The van der Waals surface area contributed by atoms with E-state index in [0.29, 0.717) is 24.1 Å². The van der Waals surface area contributed by atoms with Crippen molar-refractivity contribution in [1.82, 2.24) is 5.32 Å². The molecule has 0 aromatic rings. The zero-order valence-electron chi connectivity index (χ0n) is 10.1. The van der Waals surface area contributed by atoms with Crippen LogP contribution in [0.3, 0.4) is 0 Å². The van der Waals surface area contributed by atoms with Crippen molar-refractivity contribution in [3.05, 3.63) is 0 Å². The summed E-state index contributed by atoms with van der Waals surface area (Å²) in [6, 6.07) is 0.607. The van der Waals surface area contributed by atoms with E-state index in [1.807, 2.05) is 6.92 Å². The second kappa shape index (κ2) is 5.05. The fraction of sp³-hybridized carbons (Fsp3) is 1.00. The lowest BCUT2D eigenvalue weighted by Gasteiger charge is -2.22. The molecule has 0 aromatic heterocycles. The predicted octanol–water partition coefficient (Wildman–Crippen LogP) is 1.59. The molecule has 4 heteroatoms. The van der Waals surface area contributed by atoms with E-state index in [2.05, 4.69) is 5.32 Å². The molecule has 2 rings (SSSR count). The van der Waals surface area contributed by atoms with Crippen LogP contribution in [0.5, 0.6) is 0 Å². The Labute approximate surface area is 98.9 Å². The molecule has 0 spiro atoms. The van der Waals surface area contributed by atoms with Gasteiger partial charge in [0.05, 0.1) is 5.75 Å². The van der Waals surface area contributed by atoms with Crippen molar-refractivity contribution in [2.75, 3.05) is 18.1 Å². The Morgan fingerprint density at radius 3 is 2.56 bits per heavy atom. The minimum atomic E-state index is -2.80. The molecule has 2 saturated carbocycles. The van der Waals surface area contributed by atoms with Gasteiger partial charge in [0.25, 0.3) is 0 Å². The van der Waals surface area contributed by atoms with Crippen molar-refractivity contribution >= 4 is 9.84 Å². The molecule has 0 saturated heterocycles. The maximum atomic E-state index is 11.5. The zero-order valence-corrected chi connectivity index (χ0v) is 10.9. The van der Waals surface area contributed by atoms with Crippen molar-refractivity contribution in [3.8, 4) is 0 Å². The quantitative estimate of drug-likeness (QED) is 0.773. The van der Waals surface area contributed by atoms with E-state index in [1.165, 1.54) is 25.7 Å². The first-order chi connectivity index (χ1) is 7.61. The number of fused-ring (bicyclic) bond motifs is 2. The fourth-order valence-corrected chi connectivity index (χ4v) is 4.56. The van der Waals surface area contributed by atoms with Crippen molar-refractivity contribution in [2.45, 2.75) is 45.1 Å². The Morgan fingerprint density at radius 2 is 2.00 bits per heavy atom. The molecule has 0 heterocycles. The topological polar surface area (TPSA) is 46.2 Å². The van der Waals surface area contributed by atoms with Crippen LogP contribution in [0, 0.1) is 11.8 Å². The summed E-state index contributed by atoms with van der Waals surface area (Å²) in [4.78, 5) is 0. The first-order valence-electron chi connectivity index (χ1n) is 6.54. The SMILES string of the molecule is CCCS(=O)(=O)CCNC1CC2CCC1C2. The standard InChI is InChI=1S/C12H23NO2S/c1-2-6-16(14,15)7-5-13-12-9-10-3-4-11(12)8-10/h10-13H,2-9H2,1H3. The minimum Gasteiger partial charge on any atom is -0.313 e. The van der Waals surface area contributed by atoms with E-state index in [9.17, 15) is 8.42 Å². The maximum Gasteiger partial charge on any atom is 0.151 e. The maximum absolute atomic E-state index is 11.5. The van der Waals surface area contributed by atoms with Gasteiger partial charge in [0, 0.05) is 18.3 Å². The fourth-order valence-electron chi connectivity index (χ4n) is 3.31. The molecule has 2 fully saturated rings. The summed E-state index contributed by atoms with van der Waals surface area (Å²) in [5, 5.41) is 3.45. The molecule has 1 N–H and O–H groups in total. The molecule has 94 valence electrons. The van der Waals surface area contributed by atoms with Crippen LogP contribution in [-0.4, -0.2) is 32.5 Å². The second-order valence-electron chi connectivity index (χ2n) is 5.39. The van der Waals surface area contributed by atoms with Gasteiger partial charge >= 0.3 is 0 Å². The van der Waals surface area contributed by atoms with Gasteiger partial charge in [-0.3, -0.25) is 0 Å². The van der Waals surface area contributed by atoms with E-state index in [1.54, 1.807) is 0 Å². The molecule has 0 radical (unpaired) electrons. The Hall–Kier alpha value is -0.0900. The van der Waals surface area contributed by atoms with E-state index in [4.69, 9.17) is 0 Å². The highest BCUT2D eigenvalue weighted by Gasteiger charge is 2.38. The average Bonchev–Trinajstić information content (AvgIpc) is 2.78. The van der Waals surface area contributed by atoms with E-state index >= 15 is 0 Å². The van der Waals surface area contributed by atoms with E-state index in [0.717, 1.165) is 18.3 Å². The van der Waals surface area contributed by atoms with Gasteiger partial charge in [0.15, 0.2) is 9.84 Å². The van der Waals surface area contributed by atoms with Crippen LogP contribution in [-0.2, 0) is 9.84 Å². The summed E-state index contributed by atoms with van der Waals surface area (Å²) in [5.41, 5.74) is 0. The van der Waals surface area contributed by atoms with Crippen LogP contribution in [0.2, 0.25) is 0 Å².